The van der Waals surface area contributed by atoms with E-state index < -0.39 is 0 Å². The van der Waals surface area contributed by atoms with Crippen LogP contribution in [0, 0.1) is 0 Å². The van der Waals surface area contributed by atoms with Gasteiger partial charge in [-0.3, -0.25) is 0 Å². The molecule has 0 amide bonds. The standard InChI is InChI=1S/C12H16O2/c13-9-11-3-1-2-4-12(11)10-5-7-14-8-6-10/h1-4,10,13H,5-9H2. The molecule has 0 saturated carbocycles. The molecule has 0 unspecified atom stereocenters. The van der Waals surface area contributed by atoms with Gasteiger partial charge in [0.2, 0.25) is 0 Å². The second-order valence-corrected chi connectivity index (χ2v) is 3.74. The van der Waals surface area contributed by atoms with E-state index in [9.17, 15) is 5.11 Å². The summed E-state index contributed by atoms with van der Waals surface area (Å²) in [6, 6.07) is 8.16. The maximum atomic E-state index is 9.22. The molecule has 76 valence electrons. The van der Waals surface area contributed by atoms with Crippen LogP contribution in [-0.4, -0.2) is 18.3 Å². The topological polar surface area (TPSA) is 29.5 Å². The number of ether oxygens (including phenoxy) is 1. The molecule has 0 atom stereocenters. The summed E-state index contributed by atoms with van der Waals surface area (Å²) in [6.45, 7) is 1.85. The van der Waals surface area contributed by atoms with Crippen LogP contribution in [0.3, 0.4) is 0 Å². The average molecular weight is 192 g/mol. The number of hydrogen-bond donors (Lipinski definition) is 1. The molecule has 14 heavy (non-hydrogen) atoms. The normalized spacial score (nSPS) is 18.4. The Hall–Kier alpha value is -0.860. The molecular weight excluding hydrogens is 176 g/mol. The zero-order valence-corrected chi connectivity index (χ0v) is 8.28. The number of rotatable bonds is 2. The summed E-state index contributed by atoms with van der Waals surface area (Å²) >= 11 is 0. The maximum Gasteiger partial charge on any atom is 0.0684 e. The van der Waals surface area contributed by atoms with Gasteiger partial charge in [0.25, 0.3) is 0 Å². The molecule has 2 rings (SSSR count). The van der Waals surface area contributed by atoms with Gasteiger partial charge in [-0.05, 0) is 29.9 Å². The Morgan fingerprint density at radius 1 is 1.21 bits per heavy atom. The third-order valence-electron chi connectivity index (χ3n) is 2.89. The van der Waals surface area contributed by atoms with Gasteiger partial charge in [0, 0.05) is 13.2 Å². The minimum absolute atomic E-state index is 0.146. The summed E-state index contributed by atoms with van der Waals surface area (Å²) in [5.74, 6) is 0.576. The number of benzene rings is 1. The van der Waals surface area contributed by atoms with Crippen LogP contribution in [-0.2, 0) is 11.3 Å². The van der Waals surface area contributed by atoms with Crippen molar-refractivity contribution in [2.45, 2.75) is 25.4 Å². The molecular formula is C12H16O2. The van der Waals surface area contributed by atoms with Crippen LogP contribution in [0.25, 0.3) is 0 Å². The van der Waals surface area contributed by atoms with Gasteiger partial charge in [0.1, 0.15) is 0 Å². The Bertz CT molecular complexity index is 290. The Balaban J connectivity index is 2.20. The van der Waals surface area contributed by atoms with Crippen molar-refractivity contribution in [3.05, 3.63) is 35.4 Å². The highest BCUT2D eigenvalue weighted by Gasteiger charge is 2.17. The van der Waals surface area contributed by atoms with Crippen molar-refractivity contribution in [1.82, 2.24) is 0 Å². The van der Waals surface area contributed by atoms with E-state index in [1.165, 1.54) is 5.56 Å². The number of hydrogen-bond acceptors (Lipinski definition) is 2. The van der Waals surface area contributed by atoms with Crippen molar-refractivity contribution in [1.29, 1.82) is 0 Å². The average Bonchev–Trinajstić information content (AvgIpc) is 2.30. The van der Waals surface area contributed by atoms with Crippen LogP contribution in [0.1, 0.15) is 29.9 Å². The second kappa shape index (κ2) is 4.58. The van der Waals surface area contributed by atoms with Crippen LogP contribution in [0.2, 0.25) is 0 Å². The third-order valence-corrected chi connectivity index (χ3v) is 2.89. The highest BCUT2D eigenvalue weighted by molar-refractivity contribution is 5.30. The van der Waals surface area contributed by atoms with Crippen molar-refractivity contribution in [2.24, 2.45) is 0 Å². The molecule has 1 aromatic rings. The van der Waals surface area contributed by atoms with Gasteiger partial charge >= 0.3 is 0 Å². The zero-order valence-electron chi connectivity index (χ0n) is 8.28. The monoisotopic (exact) mass is 192 g/mol. The van der Waals surface area contributed by atoms with Gasteiger partial charge in [0.05, 0.1) is 6.61 Å². The first-order valence-corrected chi connectivity index (χ1v) is 5.18. The van der Waals surface area contributed by atoms with Crippen molar-refractivity contribution in [2.75, 3.05) is 13.2 Å². The Kier molecular flexibility index (Phi) is 3.17. The van der Waals surface area contributed by atoms with E-state index in [0.717, 1.165) is 31.6 Å². The molecule has 2 nitrogen and oxygen atoms in total. The quantitative estimate of drug-likeness (QED) is 0.777. The fraction of sp³-hybridized carbons (Fsp3) is 0.500. The van der Waals surface area contributed by atoms with Crippen LogP contribution in [0.4, 0.5) is 0 Å². The van der Waals surface area contributed by atoms with Crippen molar-refractivity contribution in [3.63, 3.8) is 0 Å². The van der Waals surface area contributed by atoms with E-state index in [4.69, 9.17) is 4.74 Å². The van der Waals surface area contributed by atoms with Gasteiger partial charge in [-0.1, -0.05) is 24.3 Å². The smallest absolute Gasteiger partial charge is 0.0684 e. The predicted molar refractivity (Wildman–Crippen MR) is 55.2 cm³/mol. The van der Waals surface area contributed by atoms with Gasteiger partial charge in [0.15, 0.2) is 0 Å². The molecule has 0 spiro atoms. The lowest BCUT2D eigenvalue weighted by Crippen LogP contribution is -2.15. The molecule has 1 fully saturated rings. The lowest BCUT2D eigenvalue weighted by atomic mass is 9.88. The summed E-state index contributed by atoms with van der Waals surface area (Å²) in [4.78, 5) is 0. The highest BCUT2D eigenvalue weighted by atomic mass is 16.5. The van der Waals surface area contributed by atoms with Crippen molar-refractivity contribution >= 4 is 0 Å². The summed E-state index contributed by atoms with van der Waals surface area (Å²) in [5.41, 5.74) is 2.37. The summed E-state index contributed by atoms with van der Waals surface area (Å²) in [5, 5.41) is 9.22. The Morgan fingerprint density at radius 2 is 1.93 bits per heavy atom. The number of aliphatic hydroxyl groups excluding tert-OH is 1. The van der Waals surface area contributed by atoms with E-state index in [2.05, 4.69) is 6.07 Å². The van der Waals surface area contributed by atoms with Gasteiger partial charge in [-0.2, -0.15) is 0 Å². The van der Waals surface area contributed by atoms with E-state index in [1.54, 1.807) is 0 Å². The second-order valence-electron chi connectivity index (χ2n) is 3.74. The predicted octanol–water partition coefficient (Wildman–Crippen LogP) is 2.07. The van der Waals surface area contributed by atoms with E-state index >= 15 is 0 Å². The van der Waals surface area contributed by atoms with Crippen molar-refractivity contribution < 1.29 is 9.84 Å². The molecule has 1 aliphatic rings. The Labute approximate surface area is 84.5 Å². The number of aliphatic hydroxyl groups is 1. The molecule has 2 heteroatoms. The highest BCUT2D eigenvalue weighted by Crippen LogP contribution is 2.29. The van der Waals surface area contributed by atoms with Crippen LogP contribution in [0.15, 0.2) is 24.3 Å². The third kappa shape index (κ3) is 1.97. The van der Waals surface area contributed by atoms with Crippen LogP contribution < -0.4 is 0 Å². The van der Waals surface area contributed by atoms with Gasteiger partial charge in [-0.25, -0.2) is 0 Å². The summed E-state index contributed by atoms with van der Waals surface area (Å²) in [7, 11) is 0. The molecule has 0 aromatic heterocycles. The molecule has 0 aliphatic carbocycles. The van der Waals surface area contributed by atoms with E-state index in [-0.39, 0.29) is 6.61 Å². The van der Waals surface area contributed by atoms with Crippen LogP contribution in [0.5, 0.6) is 0 Å². The molecule has 1 heterocycles. The first kappa shape index (κ1) is 9.69. The fourth-order valence-electron chi connectivity index (χ4n) is 2.09. The molecule has 1 aliphatic heterocycles. The van der Waals surface area contributed by atoms with Crippen molar-refractivity contribution in [3.8, 4) is 0 Å². The lowest BCUT2D eigenvalue weighted by Gasteiger charge is -2.24. The largest absolute Gasteiger partial charge is 0.392 e. The first-order valence-electron chi connectivity index (χ1n) is 5.18. The maximum absolute atomic E-state index is 9.22. The van der Waals surface area contributed by atoms with E-state index in [1.807, 2.05) is 18.2 Å². The van der Waals surface area contributed by atoms with Crippen LogP contribution >= 0.6 is 0 Å². The lowest BCUT2D eigenvalue weighted by molar-refractivity contribution is 0.0848. The fourth-order valence-corrected chi connectivity index (χ4v) is 2.09. The minimum atomic E-state index is 0.146. The summed E-state index contributed by atoms with van der Waals surface area (Å²) in [6.07, 6.45) is 2.16. The minimum Gasteiger partial charge on any atom is -0.392 e. The Morgan fingerprint density at radius 3 is 2.64 bits per heavy atom. The summed E-state index contributed by atoms with van der Waals surface area (Å²) < 4.78 is 5.33. The first-order chi connectivity index (χ1) is 6.92. The molecule has 0 radical (unpaired) electrons. The molecule has 1 N–H and O–H groups in total. The SMILES string of the molecule is OCc1ccccc1C1CCOCC1. The zero-order chi connectivity index (χ0) is 9.80. The molecule has 1 saturated heterocycles. The van der Waals surface area contributed by atoms with E-state index in [0.29, 0.717) is 5.92 Å². The van der Waals surface area contributed by atoms with Gasteiger partial charge in [-0.15, -0.1) is 0 Å². The molecule has 1 aromatic carbocycles. The van der Waals surface area contributed by atoms with Gasteiger partial charge < -0.3 is 9.84 Å². The molecule has 0 bridgehead atoms.